The zero-order valence-electron chi connectivity index (χ0n) is 16.5. The van der Waals surface area contributed by atoms with E-state index in [1.54, 1.807) is 20.9 Å². The molecule has 1 N–H and O–H groups in total. The Morgan fingerprint density at radius 1 is 1.34 bits per heavy atom. The van der Waals surface area contributed by atoms with E-state index in [1.165, 1.54) is 34.9 Å². The Balaban J connectivity index is 2.25. The zero-order chi connectivity index (χ0) is 21.8. The van der Waals surface area contributed by atoms with Crippen molar-refractivity contribution in [1.29, 1.82) is 0 Å². The number of amides is 1. The maximum Gasteiger partial charge on any atom is 0.242 e. The fraction of sp³-hybridized carbons (Fsp3) is 0.444. The minimum absolute atomic E-state index is 0.0297. The van der Waals surface area contributed by atoms with E-state index < -0.39 is 16.1 Å². The molecule has 0 bridgehead atoms. The van der Waals surface area contributed by atoms with Gasteiger partial charge in [0.1, 0.15) is 16.7 Å². The highest BCUT2D eigenvalue weighted by Crippen LogP contribution is 2.25. The van der Waals surface area contributed by atoms with Crippen LogP contribution in [0.25, 0.3) is 0 Å². The average Bonchev–Trinajstić information content (AvgIpc) is 2.98. The Morgan fingerprint density at radius 3 is 2.62 bits per heavy atom. The molecule has 0 aliphatic heterocycles. The number of hydrogen-bond donors (Lipinski definition) is 1. The smallest absolute Gasteiger partial charge is 0.242 e. The van der Waals surface area contributed by atoms with Crippen LogP contribution in [0.3, 0.4) is 0 Å². The molecule has 160 valence electrons. The number of nitrogens with zero attached hydrogens (tertiary/aromatic N) is 2. The lowest BCUT2D eigenvalue weighted by molar-refractivity contribution is -0.132. The Morgan fingerprint density at radius 2 is 2.03 bits per heavy atom. The second-order valence-corrected chi connectivity index (χ2v) is 10.0. The summed E-state index contributed by atoms with van der Waals surface area (Å²) in [4.78, 5) is 14.3. The minimum atomic E-state index is -4.05. The summed E-state index contributed by atoms with van der Waals surface area (Å²) < 4.78 is 33.4. The molecule has 0 fully saturated rings. The number of rotatable bonds is 9. The number of likely N-dealkylation sites (N-methyl/N-ethyl adjacent to an activating group) is 1. The van der Waals surface area contributed by atoms with Gasteiger partial charge in [-0.1, -0.05) is 28.4 Å². The fourth-order valence-electron chi connectivity index (χ4n) is 2.71. The lowest BCUT2D eigenvalue weighted by atomic mass is 10.1. The molecule has 1 heterocycles. The van der Waals surface area contributed by atoms with Gasteiger partial charge >= 0.3 is 0 Å². The molecule has 0 aliphatic carbocycles. The van der Waals surface area contributed by atoms with Crippen molar-refractivity contribution < 1.29 is 17.7 Å². The topological polar surface area (TPSA) is 92.5 Å². The minimum Gasteiger partial charge on any atom is -0.361 e. The van der Waals surface area contributed by atoms with Crippen molar-refractivity contribution in [2.45, 2.75) is 37.8 Å². The third kappa shape index (κ3) is 6.11. The van der Waals surface area contributed by atoms with Crippen LogP contribution in [-0.4, -0.2) is 49.5 Å². The molecular weight excluding hydrogens is 457 g/mol. The molecule has 2 aromatic rings. The summed E-state index contributed by atoms with van der Waals surface area (Å²) in [5.74, 6) is 0.858. The fourth-order valence-corrected chi connectivity index (χ4v) is 5.17. The molecule has 7 nitrogen and oxygen atoms in total. The second-order valence-electron chi connectivity index (χ2n) is 6.53. The number of carbonyl (C=O) groups is 1. The Labute approximate surface area is 185 Å². The lowest BCUT2D eigenvalue weighted by Crippen LogP contribution is -2.47. The highest BCUT2D eigenvalue weighted by atomic mass is 35.5. The van der Waals surface area contributed by atoms with E-state index in [1.807, 2.05) is 6.26 Å². The Bertz CT molecular complexity index is 960. The monoisotopic (exact) mass is 479 g/mol. The first kappa shape index (κ1) is 24.0. The van der Waals surface area contributed by atoms with E-state index in [4.69, 9.17) is 27.7 Å². The van der Waals surface area contributed by atoms with Gasteiger partial charge < -0.3 is 9.42 Å². The molecule has 0 spiro atoms. The number of nitrogens with one attached hydrogen (secondary N) is 1. The average molecular weight is 480 g/mol. The van der Waals surface area contributed by atoms with E-state index in [0.29, 0.717) is 23.6 Å². The van der Waals surface area contributed by atoms with Gasteiger partial charge in [-0.25, -0.2) is 8.42 Å². The molecule has 0 saturated carbocycles. The maximum absolute atomic E-state index is 13.0. The van der Waals surface area contributed by atoms with E-state index in [-0.39, 0.29) is 27.4 Å². The molecule has 1 unspecified atom stereocenters. The van der Waals surface area contributed by atoms with Crippen LogP contribution in [0.1, 0.15) is 23.4 Å². The third-order valence-corrected chi connectivity index (χ3v) is 7.17. The number of aryl methyl sites for hydroxylation is 2. The highest BCUT2D eigenvalue weighted by molar-refractivity contribution is 7.98. The zero-order valence-corrected chi connectivity index (χ0v) is 19.7. The van der Waals surface area contributed by atoms with Crippen molar-refractivity contribution in [3.8, 4) is 0 Å². The number of benzene rings is 1. The van der Waals surface area contributed by atoms with Gasteiger partial charge in [-0.2, -0.15) is 16.5 Å². The van der Waals surface area contributed by atoms with Crippen LogP contribution in [0.2, 0.25) is 10.0 Å². The Kier molecular flexibility index (Phi) is 8.42. The van der Waals surface area contributed by atoms with E-state index in [0.717, 1.165) is 5.56 Å². The molecule has 1 aromatic carbocycles. The molecular formula is C18H23Cl2N3O4S2. The quantitative estimate of drug-likeness (QED) is 0.589. The lowest BCUT2D eigenvalue weighted by Gasteiger charge is -2.24. The highest BCUT2D eigenvalue weighted by Gasteiger charge is 2.29. The van der Waals surface area contributed by atoms with Gasteiger partial charge in [-0.05, 0) is 50.5 Å². The molecule has 0 radical (unpaired) electrons. The van der Waals surface area contributed by atoms with E-state index >= 15 is 0 Å². The molecule has 1 aromatic heterocycles. The SMILES string of the molecule is CSCCC(NS(=O)(=O)c1cc(Cl)ccc1Cl)C(=O)N(C)Cc1c(C)noc1C. The summed E-state index contributed by atoms with van der Waals surface area (Å²) in [6.45, 7) is 3.82. The molecule has 1 amide bonds. The Hall–Kier alpha value is -1.26. The summed E-state index contributed by atoms with van der Waals surface area (Å²) in [5, 5.41) is 4.15. The van der Waals surface area contributed by atoms with Crippen molar-refractivity contribution in [3.63, 3.8) is 0 Å². The first-order chi connectivity index (χ1) is 13.6. The summed E-state index contributed by atoms with van der Waals surface area (Å²) in [6.07, 6.45) is 2.21. The van der Waals surface area contributed by atoms with E-state index in [2.05, 4.69) is 9.88 Å². The van der Waals surface area contributed by atoms with Crippen molar-refractivity contribution in [2.24, 2.45) is 0 Å². The molecule has 29 heavy (non-hydrogen) atoms. The van der Waals surface area contributed by atoms with Gasteiger partial charge in [0.2, 0.25) is 15.9 Å². The van der Waals surface area contributed by atoms with Crippen LogP contribution < -0.4 is 4.72 Å². The molecule has 0 aliphatic rings. The van der Waals surface area contributed by atoms with Crippen LogP contribution in [0.15, 0.2) is 27.6 Å². The number of sulfonamides is 1. The van der Waals surface area contributed by atoms with E-state index in [9.17, 15) is 13.2 Å². The van der Waals surface area contributed by atoms with Gasteiger partial charge in [0.25, 0.3) is 0 Å². The predicted octanol–water partition coefficient (Wildman–Crippen LogP) is 3.66. The standard InChI is InChI=1S/C18H23Cl2N3O4S2/c1-11-14(12(2)27-21-11)10-23(3)18(24)16(7-8-28-4)22-29(25,26)17-9-13(19)5-6-15(17)20/h5-6,9,16,22H,7-8,10H2,1-4H3. The number of thioether (sulfide) groups is 1. The van der Waals surface area contributed by atoms with Gasteiger partial charge in [-0.15, -0.1) is 0 Å². The number of halogens is 2. The summed E-state index contributed by atoms with van der Waals surface area (Å²) >= 11 is 13.5. The predicted molar refractivity (Wildman–Crippen MR) is 116 cm³/mol. The van der Waals surface area contributed by atoms with Crippen molar-refractivity contribution >= 4 is 50.9 Å². The third-order valence-electron chi connectivity index (χ3n) is 4.34. The van der Waals surface area contributed by atoms with Crippen molar-refractivity contribution in [2.75, 3.05) is 19.1 Å². The molecule has 1 atom stereocenters. The van der Waals surface area contributed by atoms with Gasteiger partial charge in [0.05, 0.1) is 17.3 Å². The largest absolute Gasteiger partial charge is 0.361 e. The van der Waals surface area contributed by atoms with Crippen LogP contribution >= 0.6 is 35.0 Å². The normalized spacial score (nSPS) is 12.8. The molecule has 0 saturated heterocycles. The van der Waals surface area contributed by atoms with Crippen molar-refractivity contribution in [1.82, 2.24) is 14.8 Å². The maximum atomic E-state index is 13.0. The van der Waals surface area contributed by atoms with Gasteiger partial charge in [0.15, 0.2) is 0 Å². The molecule has 11 heteroatoms. The number of hydrogen-bond acceptors (Lipinski definition) is 6. The second kappa shape index (κ2) is 10.2. The molecule has 2 rings (SSSR count). The summed E-state index contributed by atoms with van der Waals surface area (Å²) in [7, 11) is -2.44. The van der Waals surface area contributed by atoms with Gasteiger partial charge in [0, 0.05) is 17.6 Å². The summed E-state index contributed by atoms with van der Waals surface area (Å²) in [5.41, 5.74) is 1.49. The first-order valence-corrected chi connectivity index (χ1v) is 12.3. The first-order valence-electron chi connectivity index (χ1n) is 8.70. The summed E-state index contributed by atoms with van der Waals surface area (Å²) in [6, 6.07) is 3.21. The van der Waals surface area contributed by atoms with Crippen LogP contribution in [0.4, 0.5) is 0 Å². The van der Waals surface area contributed by atoms with Crippen LogP contribution in [0.5, 0.6) is 0 Å². The number of carbonyl (C=O) groups excluding carboxylic acids is 1. The van der Waals surface area contributed by atoms with Crippen LogP contribution in [0, 0.1) is 13.8 Å². The van der Waals surface area contributed by atoms with Crippen molar-refractivity contribution in [3.05, 3.63) is 45.3 Å². The van der Waals surface area contributed by atoms with Crippen LogP contribution in [-0.2, 0) is 21.4 Å². The number of aromatic nitrogens is 1. The van der Waals surface area contributed by atoms with Gasteiger partial charge in [-0.3, -0.25) is 4.79 Å².